The lowest BCUT2D eigenvalue weighted by molar-refractivity contribution is 0.747. The molecule has 1 heterocycles. The van der Waals surface area contributed by atoms with E-state index in [2.05, 4.69) is 4.98 Å². The Morgan fingerprint density at radius 3 is 3.17 bits per heavy atom. The maximum atomic E-state index is 11.3. The minimum atomic E-state index is -0.0413. The molecule has 64 valence electrons. The lowest BCUT2D eigenvalue weighted by Crippen LogP contribution is -2.21. The molecule has 0 N–H and O–H groups in total. The fourth-order valence-corrected chi connectivity index (χ4v) is 1.26. The number of allylic oxidation sites excluding steroid dienone is 1. The van der Waals surface area contributed by atoms with Gasteiger partial charge in [-0.1, -0.05) is 17.7 Å². The van der Waals surface area contributed by atoms with E-state index in [1.165, 1.54) is 22.6 Å². The van der Waals surface area contributed by atoms with E-state index in [9.17, 15) is 4.79 Å². The van der Waals surface area contributed by atoms with Crippen LogP contribution in [0.5, 0.6) is 0 Å². The Balaban J connectivity index is 3.00. The van der Waals surface area contributed by atoms with Crippen LogP contribution in [0.4, 0.5) is 0 Å². The third-order valence-corrected chi connectivity index (χ3v) is 2.17. The number of nitrogens with zero attached hydrogens (tertiary/aromatic N) is 2. The van der Waals surface area contributed by atoms with Crippen molar-refractivity contribution in [3.63, 3.8) is 0 Å². The van der Waals surface area contributed by atoms with Gasteiger partial charge >= 0.3 is 0 Å². The van der Waals surface area contributed by atoms with E-state index in [-0.39, 0.29) is 5.56 Å². The second kappa shape index (κ2) is 4.61. The van der Waals surface area contributed by atoms with Crippen LogP contribution in [0.1, 0.15) is 0 Å². The zero-order valence-electron chi connectivity index (χ0n) is 6.08. The van der Waals surface area contributed by atoms with Crippen molar-refractivity contribution in [1.82, 2.24) is 9.55 Å². The molecule has 1 aromatic heterocycles. The first kappa shape index (κ1) is 9.73. The molecule has 0 aliphatic carbocycles. The summed E-state index contributed by atoms with van der Waals surface area (Å²) in [5.41, 5.74) is 1.34. The van der Waals surface area contributed by atoms with E-state index in [1.54, 1.807) is 6.08 Å². The summed E-state index contributed by atoms with van der Waals surface area (Å²) in [5.74, 6) is 0. The molecule has 0 atom stereocenters. The van der Waals surface area contributed by atoms with Gasteiger partial charge < -0.3 is 0 Å². The van der Waals surface area contributed by atoms with Crippen LogP contribution in [-0.2, 0) is 6.54 Å². The lowest BCUT2D eigenvalue weighted by atomic mass is 10.5. The van der Waals surface area contributed by atoms with Crippen LogP contribution in [0.25, 0.3) is 0 Å². The average molecular weight is 296 g/mol. The van der Waals surface area contributed by atoms with Crippen LogP contribution < -0.4 is 5.56 Å². The van der Waals surface area contributed by atoms with Crippen molar-refractivity contribution in [1.29, 1.82) is 0 Å². The highest BCUT2D eigenvalue weighted by atomic mass is 127. The molecule has 0 aliphatic heterocycles. The quantitative estimate of drug-likeness (QED) is 0.777. The van der Waals surface area contributed by atoms with Crippen molar-refractivity contribution >= 4 is 34.2 Å². The van der Waals surface area contributed by atoms with Crippen LogP contribution in [0.2, 0.25) is 0 Å². The van der Waals surface area contributed by atoms with Crippen LogP contribution in [0.3, 0.4) is 0 Å². The SMILES string of the molecule is O=c1c(I)cncn1CC=CCl. The Bertz CT molecular complexity index is 348. The summed E-state index contributed by atoms with van der Waals surface area (Å²) < 4.78 is 2.10. The van der Waals surface area contributed by atoms with Crippen LogP contribution in [0, 0.1) is 3.57 Å². The lowest BCUT2D eigenvalue weighted by Gasteiger charge is -1.99. The van der Waals surface area contributed by atoms with Crippen LogP contribution >= 0.6 is 34.2 Å². The Morgan fingerprint density at radius 2 is 2.50 bits per heavy atom. The Labute approximate surface area is 88.2 Å². The summed E-state index contributed by atoms with van der Waals surface area (Å²) in [6, 6.07) is 0. The molecule has 0 bridgehead atoms. The van der Waals surface area contributed by atoms with Crippen molar-refractivity contribution in [3.8, 4) is 0 Å². The maximum absolute atomic E-state index is 11.3. The van der Waals surface area contributed by atoms with Gasteiger partial charge in [0.1, 0.15) is 0 Å². The van der Waals surface area contributed by atoms with E-state index in [1.807, 2.05) is 22.6 Å². The summed E-state index contributed by atoms with van der Waals surface area (Å²) in [5, 5.41) is 0. The first-order valence-corrected chi connectivity index (χ1v) is 4.72. The molecule has 0 saturated heterocycles. The van der Waals surface area contributed by atoms with Crippen molar-refractivity contribution in [3.05, 3.63) is 38.1 Å². The number of rotatable bonds is 2. The van der Waals surface area contributed by atoms with Gasteiger partial charge in [-0.3, -0.25) is 9.36 Å². The molecule has 0 spiro atoms. The van der Waals surface area contributed by atoms with Gasteiger partial charge in [0.15, 0.2) is 0 Å². The minimum absolute atomic E-state index is 0.0413. The second-order valence-electron chi connectivity index (χ2n) is 2.06. The molecule has 0 fully saturated rings. The zero-order chi connectivity index (χ0) is 8.97. The van der Waals surface area contributed by atoms with Gasteiger partial charge in [0, 0.05) is 18.3 Å². The van der Waals surface area contributed by atoms with Gasteiger partial charge in [0.2, 0.25) is 0 Å². The summed E-state index contributed by atoms with van der Waals surface area (Å²) in [6.07, 6.45) is 4.70. The van der Waals surface area contributed by atoms with Crippen molar-refractivity contribution in [2.24, 2.45) is 0 Å². The van der Waals surface area contributed by atoms with E-state index in [0.29, 0.717) is 10.1 Å². The van der Waals surface area contributed by atoms with Gasteiger partial charge in [-0.2, -0.15) is 0 Å². The highest BCUT2D eigenvalue weighted by Gasteiger charge is 1.97. The van der Waals surface area contributed by atoms with Gasteiger partial charge in [0.25, 0.3) is 5.56 Å². The third kappa shape index (κ3) is 2.31. The molecule has 1 aromatic rings. The zero-order valence-corrected chi connectivity index (χ0v) is 8.99. The predicted molar refractivity (Wildman–Crippen MR) is 56.2 cm³/mol. The molecule has 0 radical (unpaired) electrons. The van der Waals surface area contributed by atoms with E-state index >= 15 is 0 Å². The van der Waals surface area contributed by atoms with Crippen LogP contribution in [-0.4, -0.2) is 9.55 Å². The summed E-state index contributed by atoms with van der Waals surface area (Å²) in [6.45, 7) is 0.464. The molecule has 0 saturated carbocycles. The molecule has 1 rings (SSSR count). The number of halogens is 2. The molecule has 12 heavy (non-hydrogen) atoms. The highest BCUT2D eigenvalue weighted by Crippen LogP contribution is 1.93. The monoisotopic (exact) mass is 296 g/mol. The molecule has 0 amide bonds. The number of hydrogen-bond acceptors (Lipinski definition) is 2. The fourth-order valence-electron chi connectivity index (χ4n) is 0.708. The van der Waals surface area contributed by atoms with Crippen molar-refractivity contribution in [2.45, 2.75) is 6.54 Å². The fraction of sp³-hybridized carbons (Fsp3) is 0.143. The smallest absolute Gasteiger partial charge is 0.267 e. The first-order valence-electron chi connectivity index (χ1n) is 3.21. The van der Waals surface area contributed by atoms with Gasteiger partial charge in [-0.05, 0) is 22.6 Å². The van der Waals surface area contributed by atoms with Gasteiger partial charge in [0.05, 0.1) is 9.90 Å². The molecular weight excluding hydrogens is 290 g/mol. The van der Waals surface area contributed by atoms with Gasteiger partial charge in [-0.25, -0.2) is 4.98 Å². The Morgan fingerprint density at radius 1 is 1.75 bits per heavy atom. The second-order valence-corrected chi connectivity index (χ2v) is 3.47. The van der Waals surface area contributed by atoms with E-state index < -0.39 is 0 Å². The normalized spacial score (nSPS) is 10.8. The Kier molecular flexibility index (Phi) is 3.74. The molecule has 0 aliphatic rings. The molecule has 5 heteroatoms. The largest absolute Gasteiger partial charge is 0.294 e. The standard InChI is InChI=1S/C7H6ClIN2O/c8-2-1-3-11-5-10-4-6(9)7(11)12/h1-2,4-5H,3H2. The van der Waals surface area contributed by atoms with E-state index in [0.717, 1.165) is 0 Å². The van der Waals surface area contributed by atoms with Crippen molar-refractivity contribution in [2.75, 3.05) is 0 Å². The topological polar surface area (TPSA) is 34.9 Å². The molecule has 0 aromatic carbocycles. The molecule has 0 unspecified atom stereocenters. The number of hydrogen-bond donors (Lipinski definition) is 0. The molecular formula is C7H6ClIN2O. The first-order chi connectivity index (χ1) is 5.75. The average Bonchev–Trinajstić information content (AvgIpc) is 2.08. The maximum Gasteiger partial charge on any atom is 0.267 e. The predicted octanol–water partition coefficient (Wildman–Crippen LogP) is 1.60. The minimum Gasteiger partial charge on any atom is -0.294 e. The van der Waals surface area contributed by atoms with E-state index in [4.69, 9.17) is 11.6 Å². The molecule has 3 nitrogen and oxygen atoms in total. The van der Waals surface area contributed by atoms with Crippen LogP contribution in [0.15, 0.2) is 28.9 Å². The summed E-state index contributed by atoms with van der Waals surface area (Å²) >= 11 is 7.27. The Hall–Kier alpha value is -0.360. The number of aromatic nitrogens is 2. The summed E-state index contributed by atoms with van der Waals surface area (Å²) in [4.78, 5) is 15.2. The highest BCUT2D eigenvalue weighted by molar-refractivity contribution is 14.1. The van der Waals surface area contributed by atoms with Crippen molar-refractivity contribution < 1.29 is 0 Å². The van der Waals surface area contributed by atoms with Gasteiger partial charge in [-0.15, -0.1) is 0 Å². The summed E-state index contributed by atoms with van der Waals surface area (Å²) in [7, 11) is 0. The third-order valence-electron chi connectivity index (χ3n) is 1.25.